The van der Waals surface area contributed by atoms with E-state index in [9.17, 15) is 13.2 Å². The maximum absolute atomic E-state index is 13.1. The van der Waals surface area contributed by atoms with Crippen LogP contribution >= 0.6 is 0 Å². The van der Waals surface area contributed by atoms with E-state index in [2.05, 4.69) is 0 Å². The van der Waals surface area contributed by atoms with Crippen LogP contribution in [0, 0.1) is 12.8 Å². The van der Waals surface area contributed by atoms with Crippen LogP contribution in [0.25, 0.3) is 10.8 Å². The average molecular weight is 512 g/mol. The highest BCUT2D eigenvalue weighted by Gasteiger charge is 2.27. The van der Waals surface area contributed by atoms with Gasteiger partial charge in [0.2, 0.25) is 0 Å². The van der Waals surface area contributed by atoms with Crippen LogP contribution in [0.2, 0.25) is 0 Å². The SMILES string of the molecule is Cc1cc(OCC2CCN(C(=O)OC(C)(C)C)CC2)cc(OS(=O)(=O)c2cccc3ccccc23)c1. The summed E-state index contributed by atoms with van der Waals surface area (Å²) in [6, 6.07) is 17.6. The van der Waals surface area contributed by atoms with Gasteiger partial charge in [0.05, 0.1) is 6.61 Å². The van der Waals surface area contributed by atoms with Gasteiger partial charge in [0.25, 0.3) is 0 Å². The number of benzene rings is 3. The number of ether oxygens (including phenoxy) is 2. The summed E-state index contributed by atoms with van der Waals surface area (Å²) in [7, 11) is -4.04. The van der Waals surface area contributed by atoms with Crippen molar-refractivity contribution in [2.45, 2.75) is 51.0 Å². The minimum atomic E-state index is -4.04. The molecule has 1 amide bonds. The summed E-state index contributed by atoms with van der Waals surface area (Å²) in [5.41, 5.74) is 0.318. The van der Waals surface area contributed by atoms with Gasteiger partial charge in [0.15, 0.2) is 0 Å². The molecule has 3 aromatic carbocycles. The lowest BCUT2D eigenvalue weighted by Gasteiger charge is -2.33. The molecule has 36 heavy (non-hydrogen) atoms. The molecule has 1 aliphatic rings. The third-order valence-electron chi connectivity index (χ3n) is 6.00. The molecule has 0 saturated carbocycles. The second-order valence-electron chi connectivity index (χ2n) is 10.2. The van der Waals surface area contributed by atoms with Gasteiger partial charge in [-0.05, 0) is 75.6 Å². The van der Waals surface area contributed by atoms with Crippen molar-refractivity contribution in [3.8, 4) is 11.5 Å². The fourth-order valence-corrected chi connectivity index (χ4v) is 5.39. The summed E-state index contributed by atoms with van der Waals surface area (Å²) in [6.07, 6.45) is 1.34. The maximum Gasteiger partial charge on any atom is 0.410 e. The Kier molecular flexibility index (Phi) is 7.45. The third-order valence-corrected chi connectivity index (χ3v) is 7.31. The van der Waals surface area contributed by atoms with Crippen LogP contribution in [0.1, 0.15) is 39.2 Å². The zero-order valence-electron chi connectivity index (χ0n) is 21.2. The Morgan fingerprint density at radius 1 is 0.972 bits per heavy atom. The summed E-state index contributed by atoms with van der Waals surface area (Å²) < 4.78 is 43.2. The summed E-state index contributed by atoms with van der Waals surface area (Å²) >= 11 is 0. The molecule has 1 aliphatic heterocycles. The van der Waals surface area contributed by atoms with Crippen LogP contribution in [-0.4, -0.2) is 44.7 Å². The molecule has 8 heteroatoms. The van der Waals surface area contributed by atoms with Gasteiger partial charge in [-0.3, -0.25) is 0 Å². The number of rotatable bonds is 6. The van der Waals surface area contributed by atoms with Crippen molar-refractivity contribution in [3.63, 3.8) is 0 Å². The van der Waals surface area contributed by atoms with Gasteiger partial charge in [0.1, 0.15) is 22.0 Å². The second kappa shape index (κ2) is 10.4. The molecule has 0 spiro atoms. The highest BCUT2D eigenvalue weighted by Crippen LogP contribution is 2.30. The smallest absolute Gasteiger partial charge is 0.410 e. The number of carbonyl (C=O) groups is 1. The lowest BCUT2D eigenvalue weighted by molar-refractivity contribution is 0.0165. The van der Waals surface area contributed by atoms with Crippen molar-refractivity contribution in [1.29, 1.82) is 0 Å². The monoisotopic (exact) mass is 511 g/mol. The largest absolute Gasteiger partial charge is 0.493 e. The Balaban J connectivity index is 1.39. The molecule has 0 aliphatic carbocycles. The van der Waals surface area contributed by atoms with Crippen LogP contribution in [0.3, 0.4) is 0 Å². The van der Waals surface area contributed by atoms with Crippen molar-refractivity contribution in [2.75, 3.05) is 19.7 Å². The van der Waals surface area contributed by atoms with Crippen LogP contribution in [0.4, 0.5) is 4.79 Å². The minimum absolute atomic E-state index is 0.126. The van der Waals surface area contributed by atoms with Crippen molar-refractivity contribution in [2.24, 2.45) is 5.92 Å². The molecule has 192 valence electrons. The molecule has 3 aromatic rings. The summed E-state index contributed by atoms with van der Waals surface area (Å²) in [5, 5.41) is 1.44. The van der Waals surface area contributed by atoms with Crippen LogP contribution in [0.15, 0.2) is 65.6 Å². The van der Waals surface area contributed by atoms with Crippen molar-refractivity contribution in [1.82, 2.24) is 4.90 Å². The van der Waals surface area contributed by atoms with E-state index >= 15 is 0 Å². The summed E-state index contributed by atoms with van der Waals surface area (Å²) in [6.45, 7) is 9.16. The van der Waals surface area contributed by atoms with Crippen LogP contribution in [-0.2, 0) is 14.9 Å². The number of carbonyl (C=O) groups excluding carboxylic acids is 1. The molecule has 0 N–H and O–H groups in total. The maximum atomic E-state index is 13.1. The first kappa shape index (κ1) is 25.8. The molecule has 1 saturated heterocycles. The molecule has 4 rings (SSSR count). The van der Waals surface area contributed by atoms with E-state index in [0.717, 1.165) is 23.8 Å². The number of likely N-dealkylation sites (tertiary alicyclic amines) is 1. The molecule has 0 aromatic heterocycles. The number of hydrogen-bond acceptors (Lipinski definition) is 6. The predicted octanol–water partition coefficient (Wildman–Crippen LogP) is 5.94. The Morgan fingerprint density at radius 3 is 2.36 bits per heavy atom. The Hall–Kier alpha value is -3.26. The van der Waals surface area contributed by atoms with Gasteiger partial charge in [-0.25, -0.2) is 4.79 Å². The zero-order valence-corrected chi connectivity index (χ0v) is 22.0. The topological polar surface area (TPSA) is 82.1 Å². The Bertz CT molecular complexity index is 1330. The van der Waals surface area contributed by atoms with Gasteiger partial charge >= 0.3 is 16.2 Å². The van der Waals surface area contributed by atoms with Crippen molar-refractivity contribution in [3.05, 3.63) is 66.2 Å². The van der Waals surface area contributed by atoms with Gasteiger partial charge in [-0.15, -0.1) is 0 Å². The zero-order chi connectivity index (χ0) is 25.9. The number of fused-ring (bicyclic) bond motifs is 1. The van der Waals surface area contributed by atoms with Gasteiger partial charge < -0.3 is 18.6 Å². The Morgan fingerprint density at radius 2 is 1.64 bits per heavy atom. The standard InChI is InChI=1S/C28H33NO6S/c1-20-16-23(33-19-21-12-14-29(15-13-21)27(30)34-28(2,3)4)18-24(17-20)35-36(31,32)26-11-7-9-22-8-5-6-10-25(22)26/h5-11,16-18,21H,12-15,19H2,1-4H3. The first-order valence-corrected chi connectivity index (χ1v) is 13.6. The van der Waals surface area contributed by atoms with Gasteiger partial charge in [-0.1, -0.05) is 36.4 Å². The normalized spacial score (nSPS) is 15.1. The lowest BCUT2D eigenvalue weighted by atomic mass is 9.98. The highest BCUT2D eigenvalue weighted by molar-refractivity contribution is 7.87. The average Bonchev–Trinajstić information content (AvgIpc) is 2.81. The van der Waals surface area contributed by atoms with E-state index < -0.39 is 15.7 Å². The van der Waals surface area contributed by atoms with Gasteiger partial charge in [0, 0.05) is 24.5 Å². The fourth-order valence-electron chi connectivity index (χ4n) is 4.25. The number of nitrogens with zero attached hydrogens (tertiary/aromatic N) is 1. The number of aryl methyl sites for hydroxylation is 1. The molecular formula is C28H33NO6S. The molecule has 1 fully saturated rings. The van der Waals surface area contributed by atoms with Gasteiger partial charge in [-0.2, -0.15) is 8.42 Å². The molecule has 0 bridgehead atoms. The highest BCUT2D eigenvalue weighted by atomic mass is 32.2. The lowest BCUT2D eigenvalue weighted by Crippen LogP contribution is -2.42. The molecular weight excluding hydrogens is 478 g/mol. The molecule has 0 atom stereocenters. The quantitative estimate of drug-likeness (QED) is 0.381. The first-order valence-electron chi connectivity index (χ1n) is 12.1. The third kappa shape index (κ3) is 6.49. The molecule has 0 radical (unpaired) electrons. The van der Waals surface area contributed by atoms with E-state index in [-0.39, 0.29) is 22.7 Å². The van der Waals surface area contributed by atoms with E-state index in [0.29, 0.717) is 30.8 Å². The molecule has 0 unspecified atom stereocenters. The fraction of sp³-hybridized carbons (Fsp3) is 0.393. The Labute approximate surface area is 213 Å². The minimum Gasteiger partial charge on any atom is -0.493 e. The number of piperidine rings is 1. The molecule has 1 heterocycles. The summed E-state index contributed by atoms with van der Waals surface area (Å²) in [4.78, 5) is 14.1. The second-order valence-corrected chi connectivity index (χ2v) is 11.7. The molecule has 7 nitrogen and oxygen atoms in total. The number of amides is 1. The predicted molar refractivity (Wildman–Crippen MR) is 139 cm³/mol. The van der Waals surface area contributed by atoms with E-state index in [1.54, 1.807) is 41.3 Å². The van der Waals surface area contributed by atoms with Crippen LogP contribution < -0.4 is 8.92 Å². The number of hydrogen-bond donors (Lipinski definition) is 0. The van der Waals surface area contributed by atoms with E-state index in [4.69, 9.17) is 13.7 Å². The van der Waals surface area contributed by atoms with E-state index in [1.165, 1.54) is 0 Å². The van der Waals surface area contributed by atoms with Crippen molar-refractivity contribution >= 4 is 27.0 Å². The first-order chi connectivity index (χ1) is 17.0. The van der Waals surface area contributed by atoms with E-state index in [1.807, 2.05) is 52.0 Å². The van der Waals surface area contributed by atoms with Crippen LogP contribution in [0.5, 0.6) is 11.5 Å². The van der Waals surface area contributed by atoms with Crippen molar-refractivity contribution < 1.29 is 26.9 Å². The summed E-state index contributed by atoms with van der Waals surface area (Å²) in [5.74, 6) is 1.04.